The van der Waals surface area contributed by atoms with E-state index in [-0.39, 0.29) is 5.91 Å². The van der Waals surface area contributed by atoms with E-state index >= 15 is 0 Å². The lowest BCUT2D eigenvalue weighted by Gasteiger charge is -2.21. The molecule has 0 unspecified atom stereocenters. The highest BCUT2D eigenvalue weighted by molar-refractivity contribution is 5.92. The summed E-state index contributed by atoms with van der Waals surface area (Å²) < 4.78 is 0. The molecule has 1 fully saturated rings. The second-order valence-electron chi connectivity index (χ2n) is 6.36. The van der Waals surface area contributed by atoms with Gasteiger partial charge in [-0.3, -0.25) is 4.79 Å². The fourth-order valence-electron chi connectivity index (χ4n) is 3.20. The number of benzene rings is 1. The van der Waals surface area contributed by atoms with Gasteiger partial charge in [0.1, 0.15) is 5.69 Å². The summed E-state index contributed by atoms with van der Waals surface area (Å²) in [7, 11) is 0. The molecule has 2 aromatic rings. The minimum absolute atomic E-state index is 0.0197. The third-order valence-electron chi connectivity index (χ3n) is 4.59. The van der Waals surface area contributed by atoms with Crippen LogP contribution in [0, 0.1) is 0 Å². The summed E-state index contributed by atoms with van der Waals surface area (Å²) in [5.41, 5.74) is 2.64. The molecule has 1 amide bonds. The number of carbonyl (C=O) groups is 1. The molecule has 1 heterocycles. The van der Waals surface area contributed by atoms with Crippen molar-refractivity contribution in [3.05, 3.63) is 59.9 Å². The molecule has 24 heavy (non-hydrogen) atoms. The average molecular weight is 323 g/mol. The number of carbonyl (C=O) groups excluding carboxylic acids is 1. The molecule has 0 saturated heterocycles. The van der Waals surface area contributed by atoms with E-state index < -0.39 is 0 Å². The van der Waals surface area contributed by atoms with Gasteiger partial charge in [-0.1, -0.05) is 43.2 Å². The van der Waals surface area contributed by atoms with Crippen LogP contribution in [0.2, 0.25) is 0 Å². The van der Waals surface area contributed by atoms with Gasteiger partial charge in [0.05, 0.1) is 11.9 Å². The highest BCUT2D eigenvalue weighted by atomic mass is 16.2. The number of nitrogens with zero attached hydrogens (tertiary/aromatic N) is 2. The van der Waals surface area contributed by atoms with Crippen molar-refractivity contribution in [1.82, 2.24) is 9.88 Å². The molecule has 126 valence electrons. The molecular formula is C20H25N3O. The van der Waals surface area contributed by atoms with Crippen LogP contribution in [0.4, 0.5) is 5.69 Å². The zero-order valence-corrected chi connectivity index (χ0v) is 14.2. The predicted molar refractivity (Wildman–Crippen MR) is 97.0 cm³/mol. The van der Waals surface area contributed by atoms with E-state index in [2.05, 4.69) is 10.3 Å². The summed E-state index contributed by atoms with van der Waals surface area (Å²) in [6, 6.07) is 14.4. The SMILES string of the molecule is CCN(Cc1ccccc1)C(=O)c1ccc(NC2CCCC2)cn1. The molecule has 1 aliphatic rings. The van der Waals surface area contributed by atoms with Crippen molar-refractivity contribution in [2.75, 3.05) is 11.9 Å². The molecule has 0 atom stereocenters. The highest BCUT2D eigenvalue weighted by Gasteiger charge is 2.17. The summed E-state index contributed by atoms with van der Waals surface area (Å²) in [6.07, 6.45) is 6.82. The van der Waals surface area contributed by atoms with Crippen LogP contribution in [0.3, 0.4) is 0 Å². The van der Waals surface area contributed by atoms with Gasteiger partial charge < -0.3 is 10.2 Å². The first kappa shape index (κ1) is 16.5. The third-order valence-corrected chi connectivity index (χ3v) is 4.59. The van der Waals surface area contributed by atoms with Crippen molar-refractivity contribution in [3.8, 4) is 0 Å². The first-order valence-electron chi connectivity index (χ1n) is 8.82. The van der Waals surface area contributed by atoms with E-state index in [4.69, 9.17) is 0 Å². The van der Waals surface area contributed by atoms with E-state index in [1.165, 1.54) is 25.7 Å². The summed E-state index contributed by atoms with van der Waals surface area (Å²) >= 11 is 0. The Bertz CT molecular complexity index is 648. The number of amides is 1. The van der Waals surface area contributed by atoms with Crippen molar-refractivity contribution in [1.29, 1.82) is 0 Å². The van der Waals surface area contributed by atoms with Crippen LogP contribution in [-0.4, -0.2) is 28.4 Å². The summed E-state index contributed by atoms with van der Waals surface area (Å²) in [5, 5.41) is 3.50. The Morgan fingerprint density at radius 3 is 2.54 bits per heavy atom. The first-order valence-corrected chi connectivity index (χ1v) is 8.82. The largest absolute Gasteiger partial charge is 0.381 e. The molecule has 1 aliphatic carbocycles. The summed E-state index contributed by atoms with van der Waals surface area (Å²) in [5.74, 6) is -0.0197. The van der Waals surface area contributed by atoms with Gasteiger partial charge in [0.2, 0.25) is 0 Å². The molecule has 4 nitrogen and oxygen atoms in total. The number of aromatic nitrogens is 1. The molecule has 4 heteroatoms. The summed E-state index contributed by atoms with van der Waals surface area (Å²) in [6.45, 7) is 3.27. The van der Waals surface area contributed by atoms with Gasteiger partial charge >= 0.3 is 0 Å². The van der Waals surface area contributed by atoms with Crippen LogP contribution in [0.5, 0.6) is 0 Å². The second kappa shape index (κ2) is 7.95. The lowest BCUT2D eigenvalue weighted by atomic mass is 10.2. The standard InChI is InChI=1S/C20H25N3O/c1-2-23(15-16-8-4-3-5-9-16)20(24)19-13-12-18(14-21-19)22-17-10-6-7-11-17/h3-5,8-9,12-14,17,22H,2,6-7,10-11,15H2,1H3. The van der Waals surface area contributed by atoms with Gasteiger partial charge in [-0.2, -0.15) is 0 Å². The Morgan fingerprint density at radius 1 is 1.17 bits per heavy atom. The van der Waals surface area contributed by atoms with Crippen LogP contribution in [0.15, 0.2) is 48.7 Å². The molecule has 3 rings (SSSR count). The maximum Gasteiger partial charge on any atom is 0.272 e. The molecule has 0 radical (unpaired) electrons. The summed E-state index contributed by atoms with van der Waals surface area (Å²) in [4.78, 5) is 18.9. The Morgan fingerprint density at radius 2 is 1.92 bits per heavy atom. The molecule has 0 aliphatic heterocycles. The van der Waals surface area contributed by atoms with E-state index in [0.29, 0.717) is 24.8 Å². The number of nitrogens with one attached hydrogen (secondary N) is 1. The van der Waals surface area contributed by atoms with Crippen LogP contribution >= 0.6 is 0 Å². The molecule has 0 bridgehead atoms. The van der Waals surface area contributed by atoms with Gasteiger partial charge in [0, 0.05) is 19.1 Å². The minimum atomic E-state index is -0.0197. The van der Waals surface area contributed by atoms with Crippen LogP contribution in [0.25, 0.3) is 0 Å². The second-order valence-corrected chi connectivity index (χ2v) is 6.36. The van der Waals surface area contributed by atoms with E-state index in [9.17, 15) is 4.79 Å². The topological polar surface area (TPSA) is 45.2 Å². The Kier molecular flexibility index (Phi) is 5.47. The maximum absolute atomic E-state index is 12.7. The minimum Gasteiger partial charge on any atom is -0.381 e. The van der Waals surface area contributed by atoms with Gasteiger partial charge in [0.15, 0.2) is 0 Å². The molecule has 1 N–H and O–H groups in total. The number of hydrogen-bond donors (Lipinski definition) is 1. The van der Waals surface area contributed by atoms with Crippen LogP contribution < -0.4 is 5.32 Å². The lowest BCUT2D eigenvalue weighted by molar-refractivity contribution is 0.0746. The maximum atomic E-state index is 12.7. The quantitative estimate of drug-likeness (QED) is 0.870. The first-order chi connectivity index (χ1) is 11.8. The van der Waals surface area contributed by atoms with Crippen LogP contribution in [0.1, 0.15) is 48.7 Å². The highest BCUT2D eigenvalue weighted by Crippen LogP contribution is 2.22. The Hall–Kier alpha value is -2.36. The van der Waals surface area contributed by atoms with Gasteiger partial charge in [-0.05, 0) is 37.5 Å². The fourth-order valence-corrected chi connectivity index (χ4v) is 3.20. The number of anilines is 1. The molecule has 1 aromatic carbocycles. The molecular weight excluding hydrogens is 298 g/mol. The van der Waals surface area contributed by atoms with Crippen molar-refractivity contribution >= 4 is 11.6 Å². The van der Waals surface area contributed by atoms with E-state index in [1.807, 2.05) is 54.3 Å². The molecule has 1 aromatic heterocycles. The Balaban J connectivity index is 1.64. The molecule has 0 spiro atoms. The van der Waals surface area contributed by atoms with Gasteiger partial charge in [-0.25, -0.2) is 4.98 Å². The van der Waals surface area contributed by atoms with Crippen molar-refractivity contribution < 1.29 is 4.79 Å². The smallest absolute Gasteiger partial charge is 0.272 e. The lowest BCUT2D eigenvalue weighted by Crippen LogP contribution is -2.31. The van der Waals surface area contributed by atoms with Gasteiger partial charge in [0.25, 0.3) is 5.91 Å². The van der Waals surface area contributed by atoms with E-state index in [0.717, 1.165) is 11.3 Å². The van der Waals surface area contributed by atoms with Crippen molar-refractivity contribution in [2.45, 2.75) is 45.2 Å². The third kappa shape index (κ3) is 4.13. The monoisotopic (exact) mass is 323 g/mol. The molecule has 1 saturated carbocycles. The average Bonchev–Trinajstić information content (AvgIpc) is 3.14. The Labute approximate surface area is 143 Å². The van der Waals surface area contributed by atoms with Crippen molar-refractivity contribution in [2.24, 2.45) is 0 Å². The number of rotatable bonds is 6. The van der Waals surface area contributed by atoms with Crippen LogP contribution in [-0.2, 0) is 6.54 Å². The van der Waals surface area contributed by atoms with E-state index in [1.54, 1.807) is 6.20 Å². The number of hydrogen-bond acceptors (Lipinski definition) is 3. The zero-order chi connectivity index (χ0) is 16.8. The van der Waals surface area contributed by atoms with Crippen molar-refractivity contribution in [3.63, 3.8) is 0 Å². The number of pyridine rings is 1. The van der Waals surface area contributed by atoms with Gasteiger partial charge in [-0.15, -0.1) is 0 Å². The zero-order valence-electron chi connectivity index (χ0n) is 14.2. The normalized spacial score (nSPS) is 14.5. The fraction of sp³-hybridized carbons (Fsp3) is 0.400. The predicted octanol–water partition coefficient (Wildman–Crippen LogP) is 4.10.